The minimum Gasteiger partial charge on any atom is -0.321 e. The molecular weight excluding hydrogens is 268 g/mol. The third-order valence-corrected chi connectivity index (χ3v) is 3.32. The SMILES string of the molecule is O=C(Nc1cccc2ncccc12)c1ccc(S)cc1. The van der Waals surface area contributed by atoms with Crippen LogP contribution in [0, 0.1) is 0 Å². The first-order valence-corrected chi connectivity index (χ1v) is 6.63. The van der Waals surface area contributed by atoms with E-state index in [4.69, 9.17) is 0 Å². The van der Waals surface area contributed by atoms with E-state index in [1.165, 1.54) is 0 Å². The van der Waals surface area contributed by atoms with Gasteiger partial charge in [-0.1, -0.05) is 6.07 Å². The zero-order valence-electron chi connectivity index (χ0n) is 10.6. The number of rotatable bonds is 2. The quantitative estimate of drug-likeness (QED) is 0.702. The molecule has 0 aliphatic rings. The predicted molar refractivity (Wildman–Crippen MR) is 83.4 cm³/mol. The van der Waals surface area contributed by atoms with Crippen LogP contribution in [0.15, 0.2) is 65.7 Å². The fourth-order valence-corrected chi connectivity index (χ4v) is 2.17. The Labute approximate surface area is 122 Å². The van der Waals surface area contributed by atoms with Crippen LogP contribution in [0.1, 0.15) is 10.4 Å². The normalized spacial score (nSPS) is 10.4. The lowest BCUT2D eigenvalue weighted by molar-refractivity contribution is 0.102. The number of hydrogen-bond acceptors (Lipinski definition) is 3. The molecule has 0 saturated carbocycles. The van der Waals surface area contributed by atoms with Gasteiger partial charge in [0.2, 0.25) is 0 Å². The summed E-state index contributed by atoms with van der Waals surface area (Å²) in [4.78, 5) is 17.3. The van der Waals surface area contributed by atoms with Crippen LogP contribution < -0.4 is 5.32 Å². The Morgan fingerprint density at radius 1 is 1.00 bits per heavy atom. The summed E-state index contributed by atoms with van der Waals surface area (Å²) in [6, 6.07) is 16.5. The first-order valence-electron chi connectivity index (χ1n) is 6.18. The van der Waals surface area contributed by atoms with E-state index in [-0.39, 0.29) is 5.91 Å². The molecule has 2 aromatic carbocycles. The van der Waals surface area contributed by atoms with Crippen LogP contribution in [-0.2, 0) is 0 Å². The van der Waals surface area contributed by atoms with E-state index in [1.807, 2.05) is 30.3 Å². The van der Waals surface area contributed by atoms with Crippen molar-refractivity contribution in [2.24, 2.45) is 0 Å². The standard InChI is InChI=1S/C16H12N2OS/c19-16(11-6-8-12(20)9-7-11)18-15-5-1-4-14-13(15)3-2-10-17-14/h1-10,20H,(H,18,19). The molecule has 0 saturated heterocycles. The number of amides is 1. The van der Waals surface area contributed by atoms with Crippen LogP contribution in [0.4, 0.5) is 5.69 Å². The number of aromatic nitrogens is 1. The molecule has 4 heteroatoms. The minimum absolute atomic E-state index is 0.144. The topological polar surface area (TPSA) is 42.0 Å². The fourth-order valence-electron chi connectivity index (χ4n) is 2.02. The summed E-state index contributed by atoms with van der Waals surface area (Å²) >= 11 is 4.21. The number of nitrogens with zero attached hydrogens (tertiary/aromatic N) is 1. The minimum atomic E-state index is -0.144. The van der Waals surface area contributed by atoms with Crippen LogP contribution in [-0.4, -0.2) is 10.9 Å². The van der Waals surface area contributed by atoms with Crippen molar-refractivity contribution in [3.8, 4) is 0 Å². The summed E-state index contributed by atoms with van der Waals surface area (Å²) in [5.74, 6) is -0.144. The zero-order chi connectivity index (χ0) is 13.9. The number of nitrogens with one attached hydrogen (secondary N) is 1. The van der Waals surface area contributed by atoms with Crippen LogP contribution >= 0.6 is 12.6 Å². The molecule has 0 unspecified atom stereocenters. The summed E-state index contributed by atoms with van der Waals surface area (Å²) < 4.78 is 0. The van der Waals surface area contributed by atoms with Crippen molar-refractivity contribution < 1.29 is 4.79 Å². The van der Waals surface area contributed by atoms with Gasteiger partial charge in [0.25, 0.3) is 5.91 Å². The molecule has 3 aromatic rings. The van der Waals surface area contributed by atoms with E-state index in [2.05, 4.69) is 22.9 Å². The van der Waals surface area contributed by atoms with Gasteiger partial charge in [-0.25, -0.2) is 0 Å². The van der Waals surface area contributed by atoms with Gasteiger partial charge in [-0.15, -0.1) is 12.6 Å². The molecule has 1 N–H and O–H groups in total. The molecule has 0 aliphatic carbocycles. The van der Waals surface area contributed by atoms with E-state index in [0.717, 1.165) is 21.5 Å². The Balaban J connectivity index is 1.93. The Bertz CT molecular complexity index is 764. The van der Waals surface area contributed by atoms with Crippen molar-refractivity contribution in [3.63, 3.8) is 0 Å². The Kier molecular flexibility index (Phi) is 3.39. The first kappa shape index (κ1) is 12.7. The Morgan fingerprint density at radius 3 is 2.60 bits per heavy atom. The molecule has 98 valence electrons. The van der Waals surface area contributed by atoms with E-state index in [1.54, 1.807) is 30.5 Å². The largest absolute Gasteiger partial charge is 0.321 e. The van der Waals surface area contributed by atoms with E-state index in [9.17, 15) is 4.79 Å². The molecule has 3 rings (SSSR count). The summed E-state index contributed by atoms with van der Waals surface area (Å²) in [5, 5.41) is 3.84. The number of hydrogen-bond donors (Lipinski definition) is 2. The van der Waals surface area contributed by atoms with Gasteiger partial charge in [0.1, 0.15) is 0 Å². The zero-order valence-corrected chi connectivity index (χ0v) is 11.5. The second-order valence-electron chi connectivity index (χ2n) is 4.38. The van der Waals surface area contributed by atoms with Crippen LogP contribution in [0.25, 0.3) is 10.9 Å². The number of thiol groups is 1. The van der Waals surface area contributed by atoms with Crippen molar-refractivity contribution in [1.29, 1.82) is 0 Å². The lowest BCUT2D eigenvalue weighted by atomic mass is 10.1. The molecule has 0 aliphatic heterocycles. The maximum Gasteiger partial charge on any atom is 0.255 e. The second-order valence-corrected chi connectivity index (χ2v) is 4.89. The van der Waals surface area contributed by atoms with Crippen molar-refractivity contribution in [2.45, 2.75) is 4.90 Å². The number of benzene rings is 2. The van der Waals surface area contributed by atoms with Gasteiger partial charge in [0, 0.05) is 22.0 Å². The molecular formula is C16H12N2OS. The molecule has 1 aromatic heterocycles. The molecule has 3 nitrogen and oxygen atoms in total. The van der Waals surface area contributed by atoms with Crippen LogP contribution in [0.2, 0.25) is 0 Å². The lowest BCUT2D eigenvalue weighted by Crippen LogP contribution is -2.12. The highest BCUT2D eigenvalue weighted by molar-refractivity contribution is 7.80. The smallest absolute Gasteiger partial charge is 0.255 e. The van der Waals surface area contributed by atoms with Gasteiger partial charge in [0.05, 0.1) is 11.2 Å². The van der Waals surface area contributed by atoms with Crippen molar-refractivity contribution >= 4 is 35.1 Å². The lowest BCUT2D eigenvalue weighted by Gasteiger charge is -2.08. The highest BCUT2D eigenvalue weighted by atomic mass is 32.1. The molecule has 20 heavy (non-hydrogen) atoms. The monoisotopic (exact) mass is 280 g/mol. The Hall–Kier alpha value is -2.33. The summed E-state index contributed by atoms with van der Waals surface area (Å²) in [6.07, 6.45) is 1.74. The maximum atomic E-state index is 12.2. The van der Waals surface area contributed by atoms with Gasteiger partial charge in [0.15, 0.2) is 0 Å². The van der Waals surface area contributed by atoms with Crippen LogP contribution in [0.5, 0.6) is 0 Å². The molecule has 0 bridgehead atoms. The van der Waals surface area contributed by atoms with E-state index >= 15 is 0 Å². The van der Waals surface area contributed by atoms with Gasteiger partial charge in [-0.05, 0) is 48.5 Å². The van der Waals surface area contributed by atoms with Gasteiger partial charge in [-0.2, -0.15) is 0 Å². The number of pyridine rings is 1. The van der Waals surface area contributed by atoms with Crippen molar-refractivity contribution in [2.75, 3.05) is 5.32 Å². The third-order valence-electron chi connectivity index (χ3n) is 3.02. The number of carbonyl (C=O) groups excluding carboxylic acids is 1. The van der Waals surface area contributed by atoms with Crippen molar-refractivity contribution in [1.82, 2.24) is 4.98 Å². The van der Waals surface area contributed by atoms with Gasteiger partial charge < -0.3 is 5.32 Å². The highest BCUT2D eigenvalue weighted by Crippen LogP contribution is 2.22. The first-order chi connectivity index (χ1) is 9.74. The van der Waals surface area contributed by atoms with Crippen LogP contribution in [0.3, 0.4) is 0 Å². The highest BCUT2D eigenvalue weighted by Gasteiger charge is 2.08. The molecule has 0 radical (unpaired) electrons. The van der Waals surface area contributed by atoms with Gasteiger partial charge in [-0.3, -0.25) is 9.78 Å². The predicted octanol–water partition coefficient (Wildman–Crippen LogP) is 3.78. The summed E-state index contributed by atoms with van der Waals surface area (Å²) in [7, 11) is 0. The molecule has 0 fully saturated rings. The summed E-state index contributed by atoms with van der Waals surface area (Å²) in [5.41, 5.74) is 2.22. The van der Waals surface area contributed by atoms with E-state index in [0.29, 0.717) is 5.56 Å². The second kappa shape index (κ2) is 5.35. The Morgan fingerprint density at radius 2 is 1.80 bits per heavy atom. The molecule has 0 atom stereocenters. The number of anilines is 1. The number of fused-ring (bicyclic) bond motifs is 1. The molecule has 1 amide bonds. The molecule has 1 heterocycles. The van der Waals surface area contributed by atoms with Gasteiger partial charge >= 0.3 is 0 Å². The average Bonchev–Trinajstić information content (AvgIpc) is 2.48. The number of carbonyl (C=O) groups is 1. The van der Waals surface area contributed by atoms with E-state index < -0.39 is 0 Å². The molecule has 0 spiro atoms. The summed E-state index contributed by atoms with van der Waals surface area (Å²) in [6.45, 7) is 0. The fraction of sp³-hybridized carbons (Fsp3) is 0. The maximum absolute atomic E-state index is 12.2. The average molecular weight is 280 g/mol. The third kappa shape index (κ3) is 2.51. The van der Waals surface area contributed by atoms with Crippen molar-refractivity contribution in [3.05, 3.63) is 66.4 Å².